The fourth-order valence-corrected chi connectivity index (χ4v) is 2.92. The van der Waals surface area contributed by atoms with Crippen molar-refractivity contribution in [1.82, 2.24) is 4.90 Å². The Morgan fingerprint density at radius 2 is 1.58 bits per heavy atom. The van der Waals surface area contributed by atoms with Crippen molar-refractivity contribution < 1.29 is 4.79 Å². The third-order valence-corrected chi connectivity index (χ3v) is 3.95. The van der Waals surface area contributed by atoms with E-state index in [1.165, 1.54) is 22.3 Å². The van der Waals surface area contributed by atoms with E-state index in [4.69, 9.17) is 0 Å². The van der Waals surface area contributed by atoms with E-state index >= 15 is 0 Å². The van der Waals surface area contributed by atoms with Crippen LogP contribution in [-0.4, -0.2) is 23.4 Å². The number of carbonyl (C=O) groups is 1. The molecule has 2 nitrogen and oxygen atoms in total. The van der Waals surface area contributed by atoms with Crippen LogP contribution < -0.4 is 0 Å². The van der Waals surface area contributed by atoms with E-state index in [2.05, 4.69) is 55.4 Å². The predicted molar refractivity (Wildman–Crippen MR) is 81.9 cm³/mol. The lowest BCUT2D eigenvalue weighted by atomic mass is 9.76. The van der Waals surface area contributed by atoms with Crippen LogP contribution in [0.15, 0.2) is 22.3 Å². The van der Waals surface area contributed by atoms with Gasteiger partial charge in [0.1, 0.15) is 0 Å². The molecule has 0 N–H and O–H groups in total. The lowest BCUT2D eigenvalue weighted by molar-refractivity contribution is -0.138. The molecule has 2 heteroatoms. The summed E-state index contributed by atoms with van der Waals surface area (Å²) in [5.41, 5.74) is 5.27. The number of amides is 1. The number of allylic oxidation sites excluding steroid dienone is 2. The van der Waals surface area contributed by atoms with Crippen LogP contribution in [0.25, 0.3) is 0 Å². The van der Waals surface area contributed by atoms with Gasteiger partial charge in [0, 0.05) is 12.6 Å². The SMILES string of the molecule is CC(C)=C1CN(C(C)C)C(=O)C(C(C)C)C1=C(C)C. The number of nitrogens with zero attached hydrogens (tertiary/aromatic N) is 1. The Hall–Kier alpha value is -1.05. The van der Waals surface area contributed by atoms with E-state index in [-0.39, 0.29) is 12.0 Å². The minimum absolute atomic E-state index is 0.0195. The second kappa shape index (κ2) is 5.94. The Balaban J connectivity index is 3.42. The lowest BCUT2D eigenvalue weighted by Gasteiger charge is -2.41. The maximum Gasteiger partial charge on any atom is 0.230 e. The molecule has 1 fully saturated rings. The summed E-state index contributed by atoms with van der Waals surface area (Å²) in [6, 6.07) is 0.266. The largest absolute Gasteiger partial charge is 0.335 e. The fraction of sp³-hybridized carbons (Fsp3) is 0.706. The molecule has 108 valence electrons. The minimum Gasteiger partial charge on any atom is -0.335 e. The summed E-state index contributed by atoms with van der Waals surface area (Å²) in [5.74, 6) is 0.658. The van der Waals surface area contributed by atoms with Gasteiger partial charge < -0.3 is 4.90 Å². The Kier molecular flexibility index (Phi) is 5.00. The highest BCUT2D eigenvalue weighted by Crippen LogP contribution is 2.37. The summed E-state index contributed by atoms with van der Waals surface area (Å²) >= 11 is 0. The Morgan fingerprint density at radius 1 is 1.05 bits per heavy atom. The molecule has 0 spiro atoms. The number of hydrogen-bond acceptors (Lipinski definition) is 1. The Morgan fingerprint density at radius 3 is 1.89 bits per heavy atom. The second-order valence-electron chi connectivity index (χ2n) is 6.67. The number of piperidine rings is 1. The molecule has 0 aliphatic carbocycles. The van der Waals surface area contributed by atoms with Crippen molar-refractivity contribution in [3.63, 3.8) is 0 Å². The smallest absolute Gasteiger partial charge is 0.230 e. The monoisotopic (exact) mass is 263 g/mol. The summed E-state index contributed by atoms with van der Waals surface area (Å²) in [5, 5.41) is 0. The number of rotatable bonds is 2. The van der Waals surface area contributed by atoms with Crippen LogP contribution in [0.2, 0.25) is 0 Å². The molecule has 0 bridgehead atoms. The van der Waals surface area contributed by atoms with E-state index in [1.54, 1.807) is 0 Å². The highest BCUT2D eigenvalue weighted by molar-refractivity contribution is 5.86. The molecule has 1 heterocycles. The number of hydrogen-bond donors (Lipinski definition) is 0. The summed E-state index contributed by atoms with van der Waals surface area (Å²) in [6.45, 7) is 17.8. The molecule has 1 atom stereocenters. The van der Waals surface area contributed by atoms with Gasteiger partial charge in [0.05, 0.1) is 5.92 Å². The third-order valence-electron chi connectivity index (χ3n) is 3.95. The highest BCUT2D eigenvalue weighted by Gasteiger charge is 2.38. The van der Waals surface area contributed by atoms with Crippen molar-refractivity contribution in [1.29, 1.82) is 0 Å². The van der Waals surface area contributed by atoms with E-state index in [1.807, 2.05) is 4.90 Å². The zero-order chi connectivity index (χ0) is 14.9. The summed E-state index contributed by atoms with van der Waals surface area (Å²) in [7, 11) is 0. The van der Waals surface area contributed by atoms with E-state index in [0.29, 0.717) is 11.8 Å². The standard InChI is InChI=1S/C17H29NO/c1-10(2)14-9-18(13(7)8)17(19)16(12(5)6)15(14)11(3)4/h12-13,16H,9H2,1-8H3. The molecule has 1 rings (SSSR count). The summed E-state index contributed by atoms with van der Waals surface area (Å²) in [4.78, 5) is 14.8. The maximum absolute atomic E-state index is 12.8. The normalized spacial score (nSPS) is 20.6. The maximum atomic E-state index is 12.8. The van der Waals surface area contributed by atoms with E-state index in [9.17, 15) is 4.79 Å². The van der Waals surface area contributed by atoms with Gasteiger partial charge in [-0.1, -0.05) is 25.0 Å². The van der Waals surface area contributed by atoms with Crippen molar-refractivity contribution in [3.05, 3.63) is 22.3 Å². The molecule has 1 amide bonds. The first-order chi connectivity index (χ1) is 8.68. The average molecular weight is 263 g/mol. The minimum atomic E-state index is 0.0195. The quantitative estimate of drug-likeness (QED) is 0.732. The molecule has 0 radical (unpaired) electrons. The first-order valence-electron chi connectivity index (χ1n) is 7.33. The molecule has 19 heavy (non-hydrogen) atoms. The fourth-order valence-electron chi connectivity index (χ4n) is 2.92. The highest BCUT2D eigenvalue weighted by atomic mass is 16.2. The van der Waals surface area contributed by atoms with E-state index in [0.717, 1.165) is 6.54 Å². The third kappa shape index (κ3) is 3.10. The number of carbonyl (C=O) groups excluding carboxylic acids is 1. The molecule has 0 aromatic rings. The van der Waals surface area contributed by atoms with Gasteiger partial charge >= 0.3 is 0 Å². The first-order valence-corrected chi connectivity index (χ1v) is 7.33. The van der Waals surface area contributed by atoms with Crippen molar-refractivity contribution in [2.75, 3.05) is 6.54 Å². The van der Waals surface area contributed by atoms with Crippen molar-refractivity contribution in [2.24, 2.45) is 11.8 Å². The molecule has 1 saturated heterocycles. The average Bonchev–Trinajstić information content (AvgIpc) is 2.26. The van der Waals surface area contributed by atoms with Crippen LogP contribution in [0.5, 0.6) is 0 Å². The Bertz CT molecular complexity index is 419. The zero-order valence-corrected chi connectivity index (χ0v) is 13.8. The molecule has 0 aromatic heterocycles. The topological polar surface area (TPSA) is 20.3 Å². The number of likely N-dealkylation sites (tertiary alicyclic amines) is 1. The van der Waals surface area contributed by atoms with Gasteiger partial charge in [-0.15, -0.1) is 0 Å². The zero-order valence-electron chi connectivity index (χ0n) is 13.8. The van der Waals surface area contributed by atoms with Crippen LogP contribution in [0.3, 0.4) is 0 Å². The molecule has 0 aromatic carbocycles. The van der Waals surface area contributed by atoms with Gasteiger partial charge in [-0.25, -0.2) is 0 Å². The predicted octanol–water partition coefficient (Wildman–Crippen LogP) is 4.18. The van der Waals surface area contributed by atoms with Crippen molar-refractivity contribution in [3.8, 4) is 0 Å². The van der Waals surface area contributed by atoms with Gasteiger partial charge in [-0.05, 0) is 58.6 Å². The van der Waals surface area contributed by atoms with Crippen LogP contribution in [0, 0.1) is 11.8 Å². The first kappa shape index (κ1) is 16.0. The molecule has 0 saturated carbocycles. The summed E-state index contributed by atoms with van der Waals surface area (Å²) in [6.07, 6.45) is 0. The second-order valence-corrected chi connectivity index (χ2v) is 6.67. The van der Waals surface area contributed by atoms with E-state index < -0.39 is 0 Å². The molecular formula is C17H29NO. The van der Waals surface area contributed by atoms with Gasteiger partial charge in [0.25, 0.3) is 0 Å². The van der Waals surface area contributed by atoms with Crippen LogP contribution in [0.4, 0.5) is 0 Å². The van der Waals surface area contributed by atoms with Gasteiger partial charge in [0.15, 0.2) is 0 Å². The lowest BCUT2D eigenvalue weighted by Crippen LogP contribution is -2.49. The molecule has 1 aliphatic rings. The summed E-state index contributed by atoms with van der Waals surface area (Å²) < 4.78 is 0. The van der Waals surface area contributed by atoms with Crippen LogP contribution in [-0.2, 0) is 4.79 Å². The van der Waals surface area contributed by atoms with Crippen molar-refractivity contribution in [2.45, 2.75) is 61.4 Å². The van der Waals surface area contributed by atoms with Crippen molar-refractivity contribution >= 4 is 5.91 Å². The van der Waals surface area contributed by atoms with Gasteiger partial charge in [-0.2, -0.15) is 0 Å². The molecule has 1 aliphatic heterocycles. The van der Waals surface area contributed by atoms with Crippen LogP contribution in [0.1, 0.15) is 55.4 Å². The molecular weight excluding hydrogens is 234 g/mol. The van der Waals surface area contributed by atoms with Crippen LogP contribution >= 0.6 is 0 Å². The molecule has 1 unspecified atom stereocenters. The van der Waals surface area contributed by atoms with Gasteiger partial charge in [-0.3, -0.25) is 4.79 Å². The Labute approximate surface area is 118 Å². The van der Waals surface area contributed by atoms with Gasteiger partial charge in [0.2, 0.25) is 5.91 Å².